The van der Waals surface area contributed by atoms with Gasteiger partial charge in [-0.2, -0.15) is 10.1 Å². The molecule has 0 unspecified atom stereocenters. The van der Waals surface area contributed by atoms with Crippen molar-refractivity contribution in [2.75, 3.05) is 5.75 Å². The average molecular weight is 312 g/mol. The Morgan fingerprint density at radius 1 is 1.18 bits per heavy atom. The SMILES string of the molecule is CCSc1cc(C)ccc1-c1cccc(-c2nc(=O)o[nH]2)c1. The summed E-state index contributed by atoms with van der Waals surface area (Å²) in [5, 5.41) is 2.55. The van der Waals surface area contributed by atoms with Crippen LogP contribution in [0, 0.1) is 6.92 Å². The van der Waals surface area contributed by atoms with Crippen molar-refractivity contribution in [2.24, 2.45) is 0 Å². The summed E-state index contributed by atoms with van der Waals surface area (Å²) < 4.78 is 4.65. The lowest BCUT2D eigenvalue weighted by molar-refractivity contribution is 0.388. The Labute approximate surface area is 132 Å². The summed E-state index contributed by atoms with van der Waals surface area (Å²) >= 11 is 1.82. The predicted molar refractivity (Wildman–Crippen MR) is 89.1 cm³/mol. The molecular formula is C17H16N2O2S. The van der Waals surface area contributed by atoms with Gasteiger partial charge in [-0.15, -0.1) is 11.8 Å². The summed E-state index contributed by atoms with van der Waals surface area (Å²) in [7, 11) is 0. The van der Waals surface area contributed by atoms with E-state index in [0.29, 0.717) is 5.82 Å². The number of aryl methyl sites for hydroxylation is 1. The molecule has 3 aromatic rings. The normalized spacial score (nSPS) is 10.8. The number of H-pyrrole nitrogens is 1. The molecule has 0 bridgehead atoms. The first-order valence-electron chi connectivity index (χ1n) is 7.07. The Hall–Kier alpha value is -2.27. The Balaban J connectivity index is 2.07. The van der Waals surface area contributed by atoms with Gasteiger partial charge in [-0.25, -0.2) is 4.79 Å². The minimum Gasteiger partial charge on any atom is -0.321 e. The molecular weight excluding hydrogens is 296 g/mol. The van der Waals surface area contributed by atoms with E-state index in [1.54, 1.807) is 0 Å². The minimum atomic E-state index is -0.613. The summed E-state index contributed by atoms with van der Waals surface area (Å²) in [6, 6.07) is 14.4. The summed E-state index contributed by atoms with van der Waals surface area (Å²) in [5.74, 6) is 0.855. The molecule has 0 fully saturated rings. The summed E-state index contributed by atoms with van der Waals surface area (Å²) in [4.78, 5) is 16.1. The average Bonchev–Trinajstić information content (AvgIpc) is 2.95. The largest absolute Gasteiger partial charge is 0.460 e. The van der Waals surface area contributed by atoms with E-state index in [1.807, 2.05) is 30.0 Å². The maximum atomic E-state index is 11.1. The van der Waals surface area contributed by atoms with Crippen LogP contribution in [0.4, 0.5) is 0 Å². The molecule has 22 heavy (non-hydrogen) atoms. The molecule has 0 radical (unpaired) electrons. The second-order valence-corrected chi connectivity index (χ2v) is 6.25. The number of aromatic nitrogens is 2. The molecule has 2 aromatic carbocycles. The number of hydrogen-bond donors (Lipinski definition) is 1. The first-order valence-corrected chi connectivity index (χ1v) is 8.05. The molecule has 5 heteroatoms. The summed E-state index contributed by atoms with van der Waals surface area (Å²) in [5.41, 5.74) is 4.36. The van der Waals surface area contributed by atoms with Crippen LogP contribution in [0.3, 0.4) is 0 Å². The zero-order valence-electron chi connectivity index (χ0n) is 12.4. The predicted octanol–water partition coefficient (Wildman–Crippen LogP) is 4.12. The summed E-state index contributed by atoms with van der Waals surface area (Å²) in [6.45, 7) is 4.24. The third kappa shape index (κ3) is 2.99. The van der Waals surface area contributed by atoms with Crippen LogP contribution in [0.25, 0.3) is 22.5 Å². The van der Waals surface area contributed by atoms with Gasteiger partial charge < -0.3 is 4.52 Å². The van der Waals surface area contributed by atoms with Gasteiger partial charge in [-0.05, 0) is 41.5 Å². The third-order valence-corrected chi connectivity index (χ3v) is 4.26. The molecule has 112 valence electrons. The Morgan fingerprint density at radius 2 is 2.00 bits per heavy atom. The van der Waals surface area contributed by atoms with Crippen LogP contribution in [0.15, 0.2) is 56.7 Å². The van der Waals surface area contributed by atoms with Gasteiger partial charge in [0.1, 0.15) is 0 Å². The van der Waals surface area contributed by atoms with Crippen LogP contribution in [0.2, 0.25) is 0 Å². The number of hydrogen-bond acceptors (Lipinski definition) is 4. The highest BCUT2D eigenvalue weighted by molar-refractivity contribution is 7.99. The first kappa shape index (κ1) is 14.7. The van der Waals surface area contributed by atoms with E-state index in [1.165, 1.54) is 16.0 Å². The minimum absolute atomic E-state index is 0.448. The maximum absolute atomic E-state index is 11.1. The van der Waals surface area contributed by atoms with Crippen LogP contribution < -0.4 is 5.76 Å². The van der Waals surface area contributed by atoms with Gasteiger partial charge in [0.15, 0.2) is 5.82 Å². The molecule has 0 saturated carbocycles. The van der Waals surface area contributed by atoms with Crippen LogP contribution in [0.5, 0.6) is 0 Å². The zero-order valence-corrected chi connectivity index (χ0v) is 13.2. The first-order chi connectivity index (χ1) is 10.7. The Morgan fingerprint density at radius 3 is 2.73 bits per heavy atom. The lowest BCUT2D eigenvalue weighted by Gasteiger charge is -2.10. The van der Waals surface area contributed by atoms with Crippen molar-refractivity contribution < 1.29 is 4.52 Å². The number of benzene rings is 2. The highest BCUT2D eigenvalue weighted by Crippen LogP contribution is 2.33. The molecule has 0 atom stereocenters. The molecule has 1 aromatic heterocycles. The molecule has 0 spiro atoms. The van der Waals surface area contributed by atoms with Gasteiger partial charge in [0.2, 0.25) is 0 Å². The Kier molecular flexibility index (Phi) is 4.15. The van der Waals surface area contributed by atoms with Crippen LogP contribution in [0.1, 0.15) is 12.5 Å². The van der Waals surface area contributed by atoms with Gasteiger partial charge in [0.25, 0.3) is 0 Å². The van der Waals surface area contributed by atoms with Gasteiger partial charge in [-0.1, -0.05) is 37.3 Å². The van der Waals surface area contributed by atoms with E-state index >= 15 is 0 Å². The number of nitrogens with one attached hydrogen (secondary N) is 1. The smallest absolute Gasteiger partial charge is 0.321 e. The van der Waals surface area contributed by atoms with E-state index in [4.69, 9.17) is 0 Å². The van der Waals surface area contributed by atoms with E-state index < -0.39 is 5.76 Å². The Bertz CT molecular complexity index is 852. The molecule has 3 rings (SSSR count). The number of rotatable bonds is 4. The second-order valence-electron chi connectivity index (χ2n) is 4.94. The van der Waals surface area contributed by atoms with Crippen molar-refractivity contribution in [2.45, 2.75) is 18.7 Å². The van der Waals surface area contributed by atoms with E-state index in [0.717, 1.165) is 16.9 Å². The van der Waals surface area contributed by atoms with Crippen LogP contribution in [-0.2, 0) is 0 Å². The molecule has 4 nitrogen and oxygen atoms in total. The maximum Gasteiger partial charge on any atom is 0.460 e. The molecule has 0 aliphatic rings. The molecule has 0 saturated heterocycles. The van der Waals surface area contributed by atoms with Crippen molar-refractivity contribution in [3.05, 3.63) is 58.6 Å². The number of thioether (sulfide) groups is 1. The monoisotopic (exact) mass is 312 g/mol. The summed E-state index contributed by atoms with van der Waals surface area (Å²) in [6.07, 6.45) is 0. The van der Waals surface area contributed by atoms with Crippen molar-refractivity contribution >= 4 is 11.8 Å². The molecule has 0 aliphatic heterocycles. The molecule has 1 heterocycles. The fourth-order valence-electron chi connectivity index (χ4n) is 2.33. The number of nitrogens with zero attached hydrogens (tertiary/aromatic N) is 1. The fourth-order valence-corrected chi connectivity index (χ4v) is 3.25. The fraction of sp³-hybridized carbons (Fsp3) is 0.176. The highest BCUT2D eigenvalue weighted by atomic mass is 32.2. The van der Waals surface area contributed by atoms with Gasteiger partial charge in [0.05, 0.1) is 0 Å². The van der Waals surface area contributed by atoms with Crippen molar-refractivity contribution in [3.8, 4) is 22.5 Å². The standard InChI is InChI=1S/C17H16N2O2S/c1-3-22-15-9-11(2)7-8-14(15)12-5-4-6-13(10-12)16-18-17(20)21-19-16/h4-10H,3H2,1-2H3,(H,18,19,20). The van der Waals surface area contributed by atoms with E-state index in [-0.39, 0.29) is 0 Å². The topological polar surface area (TPSA) is 58.9 Å². The van der Waals surface area contributed by atoms with Crippen LogP contribution in [-0.4, -0.2) is 15.9 Å². The van der Waals surface area contributed by atoms with E-state index in [2.05, 4.69) is 52.8 Å². The third-order valence-electron chi connectivity index (χ3n) is 3.32. The van der Waals surface area contributed by atoms with Crippen molar-refractivity contribution in [3.63, 3.8) is 0 Å². The number of aromatic amines is 1. The lowest BCUT2D eigenvalue weighted by Crippen LogP contribution is -1.95. The van der Waals surface area contributed by atoms with Crippen molar-refractivity contribution in [1.82, 2.24) is 10.1 Å². The van der Waals surface area contributed by atoms with Gasteiger partial charge in [-0.3, -0.25) is 0 Å². The van der Waals surface area contributed by atoms with Gasteiger partial charge in [0, 0.05) is 10.5 Å². The molecule has 0 amide bonds. The highest BCUT2D eigenvalue weighted by Gasteiger charge is 2.09. The van der Waals surface area contributed by atoms with E-state index in [9.17, 15) is 4.79 Å². The van der Waals surface area contributed by atoms with Crippen molar-refractivity contribution in [1.29, 1.82) is 0 Å². The molecule has 1 N–H and O–H groups in total. The van der Waals surface area contributed by atoms with Gasteiger partial charge >= 0.3 is 5.76 Å². The second kappa shape index (κ2) is 6.23. The quantitative estimate of drug-likeness (QED) is 0.736. The molecule has 0 aliphatic carbocycles. The zero-order chi connectivity index (χ0) is 15.5. The lowest BCUT2D eigenvalue weighted by atomic mass is 10.0. The van der Waals surface area contributed by atoms with Crippen LogP contribution >= 0.6 is 11.8 Å².